The molecule has 0 fully saturated rings. The van der Waals surface area contributed by atoms with Gasteiger partial charge in [-0.2, -0.15) is 0 Å². The summed E-state index contributed by atoms with van der Waals surface area (Å²) >= 11 is 5.85. The van der Waals surface area contributed by atoms with Crippen LogP contribution in [0.25, 0.3) is 11.1 Å². The van der Waals surface area contributed by atoms with Gasteiger partial charge in [-0.1, -0.05) is 41.9 Å². The van der Waals surface area contributed by atoms with Crippen LogP contribution in [0.15, 0.2) is 41.3 Å². The van der Waals surface area contributed by atoms with E-state index in [1.807, 2.05) is 0 Å². The van der Waals surface area contributed by atoms with Gasteiger partial charge in [-0.05, 0) is 24.1 Å². The van der Waals surface area contributed by atoms with Crippen molar-refractivity contribution in [2.24, 2.45) is 5.14 Å². The lowest BCUT2D eigenvalue weighted by atomic mass is 9.99. The number of primary sulfonamides is 1. The Morgan fingerprint density at radius 3 is 2.29 bits per heavy atom. The second-order valence-electron chi connectivity index (χ2n) is 4.38. The molecule has 0 saturated heterocycles. The van der Waals surface area contributed by atoms with Crippen LogP contribution in [0.3, 0.4) is 0 Å². The maximum atomic E-state index is 11.6. The van der Waals surface area contributed by atoms with Crippen LogP contribution in [0.4, 0.5) is 5.69 Å². The van der Waals surface area contributed by atoms with Gasteiger partial charge in [0.25, 0.3) is 5.69 Å². The van der Waals surface area contributed by atoms with Crippen molar-refractivity contribution in [2.75, 3.05) is 0 Å². The summed E-state index contributed by atoms with van der Waals surface area (Å²) in [6.07, 6.45) is 0. The topological polar surface area (TPSA) is 103 Å². The van der Waals surface area contributed by atoms with Gasteiger partial charge >= 0.3 is 0 Å². The minimum atomic E-state index is -4.17. The molecule has 21 heavy (non-hydrogen) atoms. The fourth-order valence-corrected chi connectivity index (χ4v) is 3.27. The highest BCUT2D eigenvalue weighted by atomic mass is 35.5. The zero-order valence-electron chi connectivity index (χ0n) is 10.9. The average molecular weight is 327 g/mol. The van der Waals surface area contributed by atoms with Crippen molar-refractivity contribution in [1.82, 2.24) is 0 Å². The van der Waals surface area contributed by atoms with Crippen molar-refractivity contribution < 1.29 is 13.3 Å². The van der Waals surface area contributed by atoms with E-state index in [0.717, 1.165) is 0 Å². The zero-order chi connectivity index (χ0) is 15.8. The number of nitro groups is 1. The van der Waals surface area contributed by atoms with Gasteiger partial charge in [-0.3, -0.25) is 10.1 Å². The van der Waals surface area contributed by atoms with Gasteiger partial charge in [0.1, 0.15) is 9.92 Å². The Kier molecular flexibility index (Phi) is 3.99. The number of nitro benzene ring substituents is 1. The van der Waals surface area contributed by atoms with Crippen molar-refractivity contribution >= 4 is 27.3 Å². The number of hydrogen-bond donors (Lipinski definition) is 1. The molecule has 0 unspecified atom stereocenters. The van der Waals surface area contributed by atoms with Gasteiger partial charge in [0.05, 0.1) is 4.92 Å². The SMILES string of the molecule is Cc1c(-c2ccccc2)cc(S(N)(=O)=O)c(Cl)c1[N+](=O)[O-]. The number of nitrogens with two attached hydrogens (primary N) is 1. The highest BCUT2D eigenvalue weighted by molar-refractivity contribution is 7.89. The first-order valence-corrected chi connectivity index (χ1v) is 7.71. The van der Waals surface area contributed by atoms with E-state index in [0.29, 0.717) is 11.1 Å². The lowest BCUT2D eigenvalue weighted by Crippen LogP contribution is -2.14. The van der Waals surface area contributed by atoms with Crippen molar-refractivity contribution in [3.63, 3.8) is 0 Å². The molecule has 2 aromatic carbocycles. The van der Waals surface area contributed by atoms with Gasteiger partial charge in [0.2, 0.25) is 10.0 Å². The van der Waals surface area contributed by atoms with Crippen LogP contribution in [-0.4, -0.2) is 13.3 Å². The molecule has 0 aliphatic heterocycles. The predicted octanol–water partition coefficient (Wildman–Crippen LogP) is 2.87. The number of halogens is 1. The molecule has 0 aromatic heterocycles. The molecule has 0 aliphatic rings. The van der Waals surface area contributed by atoms with Crippen molar-refractivity contribution in [1.29, 1.82) is 0 Å². The lowest BCUT2D eigenvalue weighted by Gasteiger charge is -2.11. The van der Waals surface area contributed by atoms with Crippen LogP contribution in [0.5, 0.6) is 0 Å². The molecule has 110 valence electrons. The van der Waals surface area contributed by atoms with Crippen LogP contribution >= 0.6 is 11.6 Å². The van der Waals surface area contributed by atoms with Crippen LogP contribution < -0.4 is 5.14 Å². The Bertz CT molecular complexity index is 820. The van der Waals surface area contributed by atoms with E-state index in [4.69, 9.17) is 16.7 Å². The molecule has 0 radical (unpaired) electrons. The molecule has 2 rings (SSSR count). The van der Waals surface area contributed by atoms with Crippen LogP contribution in [-0.2, 0) is 10.0 Å². The summed E-state index contributed by atoms with van der Waals surface area (Å²) in [5.74, 6) is 0. The quantitative estimate of drug-likeness (QED) is 0.691. The molecule has 0 spiro atoms. The van der Waals surface area contributed by atoms with Crippen molar-refractivity contribution in [3.05, 3.63) is 57.1 Å². The number of rotatable bonds is 3. The summed E-state index contributed by atoms with van der Waals surface area (Å²) in [6.45, 7) is 1.51. The second-order valence-corrected chi connectivity index (χ2v) is 6.29. The Hall–Kier alpha value is -1.96. The maximum absolute atomic E-state index is 11.6. The first-order valence-electron chi connectivity index (χ1n) is 5.79. The number of sulfonamides is 1. The minimum absolute atomic E-state index is 0.281. The molecular weight excluding hydrogens is 316 g/mol. The van der Waals surface area contributed by atoms with E-state index in [1.165, 1.54) is 13.0 Å². The summed E-state index contributed by atoms with van der Waals surface area (Å²) in [5, 5.41) is 15.8. The summed E-state index contributed by atoms with van der Waals surface area (Å²) in [6, 6.07) is 9.95. The number of hydrogen-bond acceptors (Lipinski definition) is 4. The van der Waals surface area contributed by atoms with E-state index in [-0.39, 0.29) is 5.56 Å². The smallest absolute Gasteiger partial charge is 0.258 e. The van der Waals surface area contributed by atoms with E-state index >= 15 is 0 Å². The van der Waals surface area contributed by atoms with Crippen LogP contribution in [0.1, 0.15) is 5.56 Å². The van der Waals surface area contributed by atoms with Crippen LogP contribution in [0.2, 0.25) is 5.02 Å². The van der Waals surface area contributed by atoms with E-state index in [1.54, 1.807) is 30.3 Å². The standard InChI is InChI=1S/C13H11ClN2O4S/c1-8-10(9-5-3-2-4-6-9)7-11(21(15,19)20)12(14)13(8)16(17)18/h2-7H,1H3,(H2,15,19,20). The third-order valence-electron chi connectivity index (χ3n) is 3.03. The monoisotopic (exact) mass is 326 g/mol. The second kappa shape index (κ2) is 5.44. The third-order valence-corrected chi connectivity index (χ3v) is 4.46. The van der Waals surface area contributed by atoms with E-state index in [9.17, 15) is 18.5 Å². The fourth-order valence-electron chi connectivity index (χ4n) is 2.05. The maximum Gasteiger partial charge on any atom is 0.292 e. The third kappa shape index (κ3) is 2.90. The highest BCUT2D eigenvalue weighted by Crippen LogP contribution is 2.39. The minimum Gasteiger partial charge on any atom is -0.258 e. The predicted molar refractivity (Wildman–Crippen MR) is 79.7 cm³/mol. The first-order chi connectivity index (χ1) is 9.73. The zero-order valence-corrected chi connectivity index (χ0v) is 12.5. The molecular formula is C13H11ClN2O4S. The number of nitrogens with zero attached hydrogens (tertiary/aromatic N) is 1. The summed E-state index contributed by atoms with van der Waals surface area (Å²) < 4.78 is 23.2. The van der Waals surface area contributed by atoms with Crippen LogP contribution in [0, 0.1) is 17.0 Å². The first kappa shape index (κ1) is 15.4. The molecule has 0 atom stereocenters. The van der Waals surface area contributed by atoms with Gasteiger partial charge in [-0.15, -0.1) is 0 Å². The summed E-state index contributed by atoms with van der Waals surface area (Å²) in [4.78, 5) is 10.0. The molecule has 0 saturated carbocycles. The van der Waals surface area contributed by atoms with Gasteiger partial charge < -0.3 is 0 Å². The highest BCUT2D eigenvalue weighted by Gasteiger charge is 2.28. The largest absolute Gasteiger partial charge is 0.292 e. The molecule has 8 heteroatoms. The molecule has 2 aromatic rings. The van der Waals surface area contributed by atoms with Crippen molar-refractivity contribution in [2.45, 2.75) is 11.8 Å². The van der Waals surface area contributed by atoms with E-state index < -0.39 is 30.6 Å². The number of benzene rings is 2. The Balaban J connectivity index is 2.91. The molecule has 0 heterocycles. The molecule has 0 bridgehead atoms. The summed E-state index contributed by atoms with van der Waals surface area (Å²) in [7, 11) is -4.17. The Labute approximate surface area is 126 Å². The lowest BCUT2D eigenvalue weighted by molar-refractivity contribution is -0.385. The molecule has 2 N–H and O–H groups in total. The van der Waals surface area contributed by atoms with Gasteiger partial charge in [0, 0.05) is 5.56 Å². The fraction of sp³-hybridized carbons (Fsp3) is 0.0769. The van der Waals surface area contributed by atoms with Gasteiger partial charge in [-0.25, -0.2) is 13.6 Å². The van der Waals surface area contributed by atoms with Gasteiger partial charge in [0.15, 0.2) is 0 Å². The van der Waals surface area contributed by atoms with E-state index in [2.05, 4.69) is 0 Å². The van der Waals surface area contributed by atoms with Crippen molar-refractivity contribution in [3.8, 4) is 11.1 Å². The molecule has 6 nitrogen and oxygen atoms in total. The Morgan fingerprint density at radius 1 is 1.24 bits per heavy atom. The average Bonchev–Trinajstić information content (AvgIpc) is 2.38. The summed E-state index contributed by atoms with van der Waals surface area (Å²) in [5.41, 5.74) is 0.862. The normalized spacial score (nSPS) is 11.4. The molecule has 0 amide bonds. The Morgan fingerprint density at radius 2 is 1.81 bits per heavy atom. The molecule has 0 aliphatic carbocycles.